The van der Waals surface area contributed by atoms with Crippen molar-refractivity contribution in [2.75, 3.05) is 37.4 Å². The van der Waals surface area contributed by atoms with Crippen molar-refractivity contribution in [3.63, 3.8) is 0 Å². The predicted molar refractivity (Wildman–Crippen MR) is 67.8 cm³/mol. The van der Waals surface area contributed by atoms with Gasteiger partial charge in [-0.15, -0.1) is 0 Å². The summed E-state index contributed by atoms with van der Waals surface area (Å²) in [5, 5.41) is 8.90. The van der Waals surface area contributed by atoms with E-state index in [-0.39, 0.29) is 0 Å². The van der Waals surface area contributed by atoms with Crippen LogP contribution in [-0.4, -0.2) is 26.8 Å². The first-order chi connectivity index (χ1) is 8.24. The molecule has 0 radical (unpaired) electrons. The molecule has 4 nitrogen and oxygen atoms in total. The summed E-state index contributed by atoms with van der Waals surface area (Å²) in [6.07, 6.45) is 1.12. The molecule has 4 heteroatoms. The molecule has 2 N–H and O–H groups in total. The molecule has 1 aliphatic heterocycles. The van der Waals surface area contributed by atoms with Gasteiger partial charge >= 0.3 is 0 Å². The fraction of sp³-hybridized carbons (Fsp3) is 0.462. The Labute approximate surface area is 102 Å². The third-order valence-corrected chi connectivity index (χ3v) is 3.19. The van der Waals surface area contributed by atoms with Gasteiger partial charge in [0.25, 0.3) is 0 Å². The van der Waals surface area contributed by atoms with Crippen LogP contribution in [0, 0.1) is 17.2 Å². The highest BCUT2D eigenvalue weighted by atomic mass is 16.5. The van der Waals surface area contributed by atoms with Gasteiger partial charge in [0, 0.05) is 26.1 Å². The molecule has 0 aliphatic carbocycles. The van der Waals surface area contributed by atoms with Gasteiger partial charge in [0.05, 0.1) is 29.6 Å². The highest BCUT2D eigenvalue weighted by molar-refractivity contribution is 5.70. The molecule has 1 saturated heterocycles. The van der Waals surface area contributed by atoms with E-state index in [1.54, 1.807) is 19.2 Å². The van der Waals surface area contributed by atoms with Crippen molar-refractivity contribution >= 4 is 11.4 Å². The van der Waals surface area contributed by atoms with Gasteiger partial charge in [-0.1, -0.05) is 0 Å². The van der Waals surface area contributed by atoms with Crippen molar-refractivity contribution in [1.29, 1.82) is 5.26 Å². The lowest BCUT2D eigenvalue weighted by atomic mass is 10.1. The number of hydrogen-bond donors (Lipinski definition) is 1. The van der Waals surface area contributed by atoms with E-state index in [0.717, 1.165) is 37.5 Å². The van der Waals surface area contributed by atoms with Crippen molar-refractivity contribution < 1.29 is 4.74 Å². The van der Waals surface area contributed by atoms with Crippen molar-refractivity contribution in [3.05, 3.63) is 23.8 Å². The molecule has 0 bridgehead atoms. The maximum absolute atomic E-state index is 8.90. The zero-order chi connectivity index (χ0) is 12.3. The predicted octanol–water partition coefficient (Wildman–Crippen LogP) is 1.61. The molecule has 1 aromatic carbocycles. The zero-order valence-electron chi connectivity index (χ0n) is 10.0. The molecule has 0 saturated carbocycles. The van der Waals surface area contributed by atoms with Crippen LogP contribution in [0.25, 0.3) is 0 Å². The smallest absolute Gasteiger partial charge is 0.0992 e. The van der Waals surface area contributed by atoms with Crippen molar-refractivity contribution in [1.82, 2.24) is 0 Å². The normalized spacial score (nSPS) is 19.3. The van der Waals surface area contributed by atoms with Crippen LogP contribution in [-0.2, 0) is 4.74 Å². The molecule has 1 fully saturated rings. The molecule has 0 spiro atoms. The number of methoxy groups -OCH3 is 1. The molecular weight excluding hydrogens is 214 g/mol. The summed E-state index contributed by atoms with van der Waals surface area (Å²) in [5.74, 6) is 0.560. The fourth-order valence-corrected chi connectivity index (χ4v) is 2.31. The Hall–Kier alpha value is -1.73. The maximum Gasteiger partial charge on any atom is 0.0992 e. The van der Waals surface area contributed by atoms with E-state index < -0.39 is 0 Å². The quantitative estimate of drug-likeness (QED) is 0.803. The molecular formula is C13H17N3O. The molecule has 1 unspecified atom stereocenters. The second-order valence-corrected chi connectivity index (χ2v) is 4.44. The van der Waals surface area contributed by atoms with Gasteiger partial charge in [0.1, 0.15) is 0 Å². The Bertz CT molecular complexity index is 439. The number of anilines is 2. The number of hydrogen-bond acceptors (Lipinski definition) is 4. The first-order valence-corrected chi connectivity index (χ1v) is 5.78. The second-order valence-electron chi connectivity index (χ2n) is 4.44. The van der Waals surface area contributed by atoms with E-state index in [0.29, 0.717) is 11.5 Å². The lowest BCUT2D eigenvalue weighted by molar-refractivity contribution is 0.161. The number of rotatable bonds is 3. The van der Waals surface area contributed by atoms with E-state index >= 15 is 0 Å². The van der Waals surface area contributed by atoms with Crippen molar-refractivity contribution in [3.8, 4) is 6.07 Å². The molecule has 0 aromatic heterocycles. The van der Waals surface area contributed by atoms with E-state index in [1.807, 2.05) is 6.07 Å². The van der Waals surface area contributed by atoms with Gasteiger partial charge in [-0.2, -0.15) is 5.26 Å². The highest BCUT2D eigenvalue weighted by Gasteiger charge is 2.23. The SMILES string of the molecule is COCC1CCN(c2cc(C#N)ccc2N)C1. The monoisotopic (exact) mass is 231 g/mol. The van der Waals surface area contributed by atoms with Crippen LogP contribution in [0.3, 0.4) is 0 Å². The number of nitrogens with zero attached hydrogens (tertiary/aromatic N) is 2. The van der Waals surface area contributed by atoms with Gasteiger partial charge in [0.15, 0.2) is 0 Å². The third-order valence-electron chi connectivity index (χ3n) is 3.19. The minimum Gasteiger partial charge on any atom is -0.397 e. The first-order valence-electron chi connectivity index (χ1n) is 5.78. The van der Waals surface area contributed by atoms with Crippen LogP contribution in [0.1, 0.15) is 12.0 Å². The number of nitrogen functional groups attached to an aromatic ring is 1. The molecule has 17 heavy (non-hydrogen) atoms. The van der Waals surface area contributed by atoms with Crippen LogP contribution in [0.15, 0.2) is 18.2 Å². The molecule has 1 atom stereocenters. The van der Waals surface area contributed by atoms with E-state index in [2.05, 4.69) is 11.0 Å². The summed E-state index contributed by atoms with van der Waals surface area (Å²) in [6, 6.07) is 7.57. The molecule has 1 aromatic rings. The molecule has 2 rings (SSSR count). The van der Waals surface area contributed by atoms with Crippen molar-refractivity contribution in [2.24, 2.45) is 5.92 Å². The summed E-state index contributed by atoms with van der Waals surface area (Å²) < 4.78 is 5.17. The largest absolute Gasteiger partial charge is 0.397 e. The maximum atomic E-state index is 8.90. The summed E-state index contributed by atoms with van der Waals surface area (Å²) in [7, 11) is 1.73. The van der Waals surface area contributed by atoms with Gasteiger partial charge in [0.2, 0.25) is 0 Å². The van der Waals surface area contributed by atoms with Gasteiger partial charge in [-0.25, -0.2) is 0 Å². The molecule has 1 heterocycles. The average Bonchev–Trinajstić information content (AvgIpc) is 2.79. The Kier molecular flexibility index (Phi) is 3.50. The van der Waals surface area contributed by atoms with Crippen LogP contribution in [0.2, 0.25) is 0 Å². The van der Waals surface area contributed by atoms with Crippen LogP contribution >= 0.6 is 0 Å². The standard InChI is InChI=1S/C13H17N3O/c1-17-9-11-4-5-16(8-11)13-6-10(7-14)2-3-12(13)15/h2-3,6,11H,4-5,8-9,15H2,1H3. The van der Waals surface area contributed by atoms with Crippen LogP contribution in [0.4, 0.5) is 11.4 Å². The van der Waals surface area contributed by atoms with Crippen LogP contribution < -0.4 is 10.6 Å². The Morgan fingerprint density at radius 3 is 3.12 bits per heavy atom. The summed E-state index contributed by atoms with van der Waals surface area (Å²) >= 11 is 0. The summed E-state index contributed by atoms with van der Waals surface area (Å²) in [6.45, 7) is 2.72. The molecule has 0 amide bonds. The Morgan fingerprint density at radius 2 is 2.41 bits per heavy atom. The lowest BCUT2D eigenvalue weighted by Gasteiger charge is -2.20. The summed E-state index contributed by atoms with van der Waals surface area (Å²) in [4.78, 5) is 2.24. The summed E-state index contributed by atoms with van der Waals surface area (Å²) in [5.41, 5.74) is 8.33. The van der Waals surface area contributed by atoms with Gasteiger partial charge in [-0.05, 0) is 24.6 Å². The number of benzene rings is 1. The van der Waals surface area contributed by atoms with Gasteiger partial charge in [-0.3, -0.25) is 0 Å². The van der Waals surface area contributed by atoms with Crippen LogP contribution in [0.5, 0.6) is 0 Å². The second kappa shape index (κ2) is 5.07. The molecule has 90 valence electrons. The van der Waals surface area contributed by atoms with E-state index in [4.69, 9.17) is 15.7 Å². The Balaban J connectivity index is 2.15. The highest BCUT2D eigenvalue weighted by Crippen LogP contribution is 2.29. The lowest BCUT2D eigenvalue weighted by Crippen LogP contribution is -2.22. The number of nitriles is 1. The third kappa shape index (κ3) is 2.51. The van der Waals surface area contributed by atoms with Crippen molar-refractivity contribution in [2.45, 2.75) is 6.42 Å². The number of nitrogens with two attached hydrogens (primary N) is 1. The Morgan fingerprint density at radius 1 is 1.59 bits per heavy atom. The molecule has 1 aliphatic rings. The zero-order valence-corrected chi connectivity index (χ0v) is 10.0. The minimum atomic E-state index is 0.560. The van der Waals surface area contributed by atoms with E-state index in [9.17, 15) is 0 Å². The fourth-order valence-electron chi connectivity index (χ4n) is 2.31. The number of ether oxygens (including phenoxy) is 1. The van der Waals surface area contributed by atoms with E-state index in [1.165, 1.54) is 0 Å². The van der Waals surface area contributed by atoms with Gasteiger partial charge < -0.3 is 15.4 Å². The first kappa shape index (κ1) is 11.7. The minimum absolute atomic E-state index is 0.560. The topological polar surface area (TPSA) is 62.3 Å². The average molecular weight is 231 g/mol.